The number of aryl methyl sites for hydroxylation is 4. The smallest absolute Gasteiger partial charge is 0.276 e. The lowest BCUT2D eigenvalue weighted by atomic mass is 10.1. The number of anilines is 1. The Morgan fingerprint density at radius 1 is 1.19 bits per heavy atom. The Morgan fingerprint density at radius 2 is 2.03 bits per heavy atom. The summed E-state index contributed by atoms with van der Waals surface area (Å²) >= 11 is 0. The van der Waals surface area contributed by atoms with Crippen LogP contribution in [0.15, 0.2) is 48.8 Å². The summed E-state index contributed by atoms with van der Waals surface area (Å²) in [5.41, 5.74) is 9.59. The van der Waals surface area contributed by atoms with Gasteiger partial charge in [-0.05, 0) is 62.6 Å². The van der Waals surface area contributed by atoms with Gasteiger partial charge in [-0.25, -0.2) is 4.98 Å². The number of carbonyl (C=O) groups is 2. The molecule has 4 aromatic rings. The van der Waals surface area contributed by atoms with E-state index >= 15 is 0 Å². The van der Waals surface area contributed by atoms with Crippen molar-refractivity contribution in [1.82, 2.24) is 24.3 Å². The SMILES string of the molecule is CCn1nc(C)cc1C(=O)Nc1nc2cc(C(N)=O)ccc2n1CCCc1cccnc1. The fraction of sp³-hybridized carbons (Fsp3) is 0.261. The molecular weight excluding hydrogens is 406 g/mol. The number of rotatable bonds is 8. The number of hydrogen-bond acceptors (Lipinski definition) is 5. The van der Waals surface area contributed by atoms with Crippen LogP contribution >= 0.6 is 0 Å². The first-order valence-corrected chi connectivity index (χ1v) is 10.5. The molecule has 0 bridgehead atoms. The molecule has 0 aliphatic heterocycles. The van der Waals surface area contributed by atoms with E-state index in [-0.39, 0.29) is 5.91 Å². The minimum atomic E-state index is -0.522. The minimum Gasteiger partial charge on any atom is -0.366 e. The van der Waals surface area contributed by atoms with E-state index in [2.05, 4.69) is 20.4 Å². The second-order valence-corrected chi connectivity index (χ2v) is 7.56. The highest BCUT2D eigenvalue weighted by atomic mass is 16.2. The molecular formula is C23H25N7O2. The van der Waals surface area contributed by atoms with E-state index in [1.807, 2.05) is 42.8 Å². The summed E-state index contributed by atoms with van der Waals surface area (Å²) in [6, 6.07) is 10.8. The van der Waals surface area contributed by atoms with E-state index in [9.17, 15) is 9.59 Å². The maximum atomic E-state index is 13.0. The number of aromatic nitrogens is 5. The topological polar surface area (TPSA) is 121 Å². The lowest BCUT2D eigenvalue weighted by Gasteiger charge is -2.11. The number of nitrogens with two attached hydrogens (primary N) is 1. The molecule has 2 amide bonds. The summed E-state index contributed by atoms with van der Waals surface area (Å²) in [4.78, 5) is 33.3. The largest absolute Gasteiger partial charge is 0.366 e. The summed E-state index contributed by atoms with van der Waals surface area (Å²) in [6.07, 6.45) is 5.26. The third-order valence-electron chi connectivity index (χ3n) is 5.26. The molecule has 3 aromatic heterocycles. The molecule has 4 rings (SSSR count). The van der Waals surface area contributed by atoms with Gasteiger partial charge >= 0.3 is 0 Å². The van der Waals surface area contributed by atoms with Crippen molar-refractivity contribution in [2.24, 2.45) is 5.73 Å². The summed E-state index contributed by atoms with van der Waals surface area (Å²) in [6.45, 7) is 4.99. The number of fused-ring (bicyclic) bond motifs is 1. The number of carbonyl (C=O) groups excluding carboxylic acids is 2. The van der Waals surface area contributed by atoms with Crippen LogP contribution in [-0.4, -0.2) is 36.1 Å². The zero-order chi connectivity index (χ0) is 22.7. The third-order valence-corrected chi connectivity index (χ3v) is 5.26. The van der Waals surface area contributed by atoms with Crippen molar-refractivity contribution in [2.75, 3.05) is 5.32 Å². The van der Waals surface area contributed by atoms with E-state index in [0.29, 0.717) is 35.8 Å². The van der Waals surface area contributed by atoms with Crippen LogP contribution in [-0.2, 0) is 19.5 Å². The van der Waals surface area contributed by atoms with Crippen LogP contribution in [0.3, 0.4) is 0 Å². The number of amides is 2. The second kappa shape index (κ2) is 9.01. The van der Waals surface area contributed by atoms with Crippen LogP contribution in [0.2, 0.25) is 0 Å². The fourth-order valence-electron chi connectivity index (χ4n) is 3.73. The van der Waals surface area contributed by atoms with Crippen LogP contribution in [0.5, 0.6) is 0 Å². The number of pyridine rings is 1. The number of primary amides is 1. The third kappa shape index (κ3) is 4.36. The summed E-state index contributed by atoms with van der Waals surface area (Å²) in [5.74, 6) is -0.392. The lowest BCUT2D eigenvalue weighted by Crippen LogP contribution is -2.20. The molecule has 3 N–H and O–H groups in total. The van der Waals surface area contributed by atoms with Gasteiger partial charge < -0.3 is 10.3 Å². The second-order valence-electron chi connectivity index (χ2n) is 7.56. The maximum Gasteiger partial charge on any atom is 0.276 e. The molecule has 0 aliphatic carbocycles. The van der Waals surface area contributed by atoms with E-state index < -0.39 is 5.91 Å². The van der Waals surface area contributed by atoms with Gasteiger partial charge in [-0.3, -0.25) is 24.6 Å². The lowest BCUT2D eigenvalue weighted by molar-refractivity contribution is 0.0996. The highest BCUT2D eigenvalue weighted by Crippen LogP contribution is 2.23. The Bertz CT molecular complexity index is 1270. The fourth-order valence-corrected chi connectivity index (χ4v) is 3.73. The van der Waals surface area contributed by atoms with Crippen molar-refractivity contribution in [2.45, 2.75) is 39.8 Å². The average Bonchev–Trinajstić information content (AvgIpc) is 3.33. The zero-order valence-corrected chi connectivity index (χ0v) is 18.1. The van der Waals surface area contributed by atoms with Crippen molar-refractivity contribution >= 4 is 28.8 Å². The van der Waals surface area contributed by atoms with Gasteiger partial charge in [0.15, 0.2) is 0 Å². The van der Waals surface area contributed by atoms with Crippen molar-refractivity contribution in [3.63, 3.8) is 0 Å². The van der Waals surface area contributed by atoms with E-state index in [1.54, 1.807) is 29.1 Å². The molecule has 32 heavy (non-hydrogen) atoms. The molecule has 0 radical (unpaired) electrons. The number of imidazole rings is 1. The Labute approximate surface area is 185 Å². The molecule has 0 fully saturated rings. The molecule has 0 saturated carbocycles. The number of hydrogen-bond donors (Lipinski definition) is 2. The number of benzene rings is 1. The first-order valence-electron chi connectivity index (χ1n) is 10.5. The van der Waals surface area contributed by atoms with Crippen molar-refractivity contribution < 1.29 is 9.59 Å². The van der Waals surface area contributed by atoms with Crippen molar-refractivity contribution in [3.05, 3.63) is 71.3 Å². The molecule has 1 aromatic carbocycles. The van der Waals surface area contributed by atoms with E-state index in [4.69, 9.17) is 5.73 Å². The van der Waals surface area contributed by atoms with Crippen LogP contribution < -0.4 is 11.1 Å². The highest BCUT2D eigenvalue weighted by Gasteiger charge is 2.18. The Kier molecular flexibility index (Phi) is 5.98. The number of nitrogens with zero attached hydrogens (tertiary/aromatic N) is 5. The van der Waals surface area contributed by atoms with Gasteiger partial charge in [0.05, 0.1) is 16.7 Å². The minimum absolute atomic E-state index is 0.286. The quantitative estimate of drug-likeness (QED) is 0.444. The van der Waals surface area contributed by atoms with Crippen LogP contribution in [0.1, 0.15) is 45.4 Å². The van der Waals surface area contributed by atoms with Gasteiger partial charge in [0, 0.05) is 31.0 Å². The maximum absolute atomic E-state index is 13.0. The molecule has 164 valence electrons. The van der Waals surface area contributed by atoms with Crippen LogP contribution in [0, 0.1) is 6.92 Å². The monoisotopic (exact) mass is 431 g/mol. The molecule has 0 saturated heterocycles. The molecule has 0 aliphatic rings. The van der Waals surface area contributed by atoms with Crippen molar-refractivity contribution in [1.29, 1.82) is 0 Å². The summed E-state index contributed by atoms with van der Waals surface area (Å²) < 4.78 is 3.61. The Hall–Kier alpha value is -4.01. The van der Waals surface area contributed by atoms with Gasteiger partial charge in [-0.2, -0.15) is 5.10 Å². The van der Waals surface area contributed by atoms with Gasteiger partial charge in [-0.15, -0.1) is 0 Å². The summed E-state index contributed by atoms with van der Waals surface area (Å²) in [5, 5.41) is 7.27. The van der Waals surface area contributed by atoms with Gasteiger partial charge in [0.25, 0.3) is 5.91 Å². The van der Waals surface area contributed by atoms with Crippen LogP contribution in [0.25, 0.3) is 11.0 Å². The molecule has 3 heterocycles. The molecule has 0 atom stereocenters. The first kappa shape index (κ1) is 21.2. The molecule has 0 spiro atoms. The molecule has 9 heteroatoms. The highest BCUT2D eigenvalue weighted by molar-refractivity contribution is 6.03. The molecule has 0 unspecified atom stereocenters. The van der Waals surface area contributed by atoms with E-state index in [0.717, 1.165) is 29.6 Å². The number of nitrogens with one attached hydrogen (secondary N) is 1. The predicted molar refractivity (Wildman–Crippen MR) is 121 cm³/mol. The average molecular weight is 432 g/mol. The van der Waals surface area contributed by atoms with Crippen molar-refractivity contribution in [3.8, 4) is 0 Å². The predicted octanol–water partition coefficient (Wildman–Crippen LogP) is 2.94. The summed E-state index contributed by atoms with van der Waals surface area (Å²) in [7, 11) is 0. The molecule has 9 nitrogen and oxygen atoms in total. The Morgan fingerprint density at radius 3 is 2.75 bits per heavy atom. The van der Waals surface area contributed by atoms with Gasteiger partial charge in [-0.1, -0.05) is 6.07 Å². The Balaban J connectivity index is 1.65. The zero-order valence-electron chi connectivity index (χ0n) is 18.1. The van der Waals surface area contributed by atoms with Gasteiger partial charge in [0.2, 0.25) is 11.9 Å². The first-order chi connectivity index (χ1) is 15.5. The van der Waals surface area contributed by atoms with E-state index in [1.165, 1.54) is 0 Å². The normalized spacial score (nSPS) is 11.1. The van der Waals surface area contributed by atoms with Gasteiger partial charge in [0.1, 0.15) is 5.69 Å². The van der Waals surface area contributed by atoms with Crippen LogP contribution in [0.4, 0.5) is 5.95 Å². The standard InChI is InChI=1S/C23H25N7O2/c1-3-30-20(12-15(2)28-30)22(32)27-23-26-18-13-17(21(24)31)8-9-19(18)29(23)11-5-7-16-6-4-10-25-14-16/h4,6,8-10,12-14H,3,5,7,11H2,1-2H3,(H2,24,31)(H,26,27,32).